The molecule has 7 nitrogen and oxygen atoms in total. The molecular formula is C23H17ClFN3O4. The van der Waals surface area contributed by atoms with Gasteiger partial charge in [0.25, 0.3) is 0 Å². The Morgan fingerprint density at radius 2 is 1.50 bits per heavy atom. The molecule has 0 aromatic heterocycles. The fourth-order valence-corrected chi connectivity index (χ4v) is 2.84. The Morgan fingerprint density at radius 1 is 0.875 bits per heavy atom. The van der Waals surface area contributed by atoms with Crippen molar-refractivity contribution >= 4 is 40.8 Å². The standard InChI is InChI=1S/C23H17ClFN3O4/c1-14(27-28-22(30)21(29)26-19-12-6-5-11-18(19)25)15-8-3-7-13-20(15)32-23(31)16-9-2-4-10-17(16)24/h2-13H,1H3,(H,26,29)(H,28,30)/b27-14+. The summed E-state index contributed by atoms with van der Waals surface area (Å²) in [6, 6.07) is 18.4. The summed E-state index contributed by atoms with van der Waals surface area (Å²) in [5.41, 5.74) is 2.82. The van der Waals surface area contributed by atoms with E-state index >= 15 is 0 Å². The SMILES string of the molecule is C/C(=N\NC(=O)C(=O)Nc1ccccc1F)c1ccccc1OC(=O)c1ccccc1Cl. The summed E-state index contributed by atoms with van der Waals surface area (Å²) in [5.74, 6) is -3.35. The molecule has 9 heteroatoms. The Kier molecular flexibility index (Phi) is 7.30. The molecule has 0 radical (unpaired) electrons. The Balaban J connectivity index is 1.71. The summed E-state index contributed by atoms with van der Waals surface area (Å²) in [4.78, 5) is 36.5. The van der Waals surface area contributed by atoms with E-state index in [1.54, 1.807) is 49.4 Å². The lowest BCUT2D eigenvalue weighted by molar-refractivity contribution is -0.136. The number of carbonyl (C=O) groups is 3. The average Bonchev–Trinajstić information content (AvgIpc) is 2.79. The number of ether oxygens (including phenoxy) is 1. The van der Waals surface area contributed by atoms with Crippen LogP contribution in [0.2, 0.25) is 5.02 Å². The number of rotatable bonds is 5. The van der Waals surface area contributed by atoms with Crippen molar-refractivity contribution in [3.8, 4) is 5.75 Å². The normalized spacial score (nSPS) is 10.9. The minimum Gasteiger partial charge on any atom is -0.422 e. The number of esters is 1. The summed E-state index contributed by atoms with van der Waals surface area (Å²) >= 11 is 6.04. The number of hydrogen-bond acceptors (Lipinski definition) is 5. The van der Waals surface area contributed by atoms with Crippen LogP contribution in [-0.4, -0.2) is 23.5 Å². The van der Waals surface area contributed by atoms with Crippen molar-refractivity contribution in [1.82, 2.24) is 5.43 Å². The molecule has 162 valence electrons. The second-order valence-electron chi connectivity index (χ2n) is 6.44. The van der Waals surface area contributed by atoms with Crippen molar-refractivity contribution < 1.29 is 23.5 Å². The smallest absolute Gasteiger partial charge is 0.345 e. The van der Waals surface area contributed by atoms with E-state index in [1.807, 2.05) is 0 Å². The van der Waals surface area contributed by atoms with Crippen LogP contribution in [0.4, 0.5) is 10.1 Å². The zero-order valence-electron chi connectivity index (χ0n) is 16.8. The van der Waals surface area contributed by atoms with E-state index < -0.39 is 23.6 Å². The van der Waals surface area contributed by atoms with Crippen LogP contribution in [0.25, 0.3) is 0 Å². The summed E-state index contributed by atoms with van der Waals surface area (Å²) in [6.07, 6.45) is 0. The van der Waals surface area contributed by atoms with Crippen molar-refractivity contribution in [2.75, 3.05) is 5.32 Å². The van der Waals surface area contributed by atoms with Gasteiger partial charge in [0.1, 0.15) is 11.6 Å². The van der Waals surface area contributed by atoms with Gasteiger partial charge in [-0.1, -0.05) is 48.0 Å². The van der Waals surface area contributed by atoms with Gasteiger partial charge in [-0.3, -0.25) is 9.59 Å². The predicted molar refractivity (Wildman–Crippen MR) is 118 cm³/mol. The topological polar surface area (TPSA) is 96.9 Å². The van der Waals surface area contributed by atoms with Crippen molar-refractivity contribution in [1.29, 1.82) is 0 Å². The van der Waals surface area contributed by atoms with Crippen molar-refractivity contribution in [3.63, 3.8) is 0 Å². The maximum atomic E-state index is 13.6. The number of carbonyl (C=O) groups excluding carboxylic acids is 3. The molecule has 2 N–H and O–H groups in total. The Morgan fingerprint density at radius 3 is 2.22 bits per heavy atom. The van der Waals surface area contributed by atoms with Crippen LogP contribution in [-0.2, 0) is 9.59 Å². The zero-order valence-corrected chi connectivity index (χ0v) is 17.5. The molecule has 0 aliphatic heterocycles. The molecule has 3 rings (SSSR count). The second kappa shape index (κ2) is 10.3. The van der Waals surface area contributed by atoms with Gasteiger partial charge in [-0.2, -0.15) is 5.10 Å². The van der Waals surface area contributed by atoms with Gasteiger partial charge in [-0.15, -0.1) is 0 Å². The van der Waals surface area contributed by atoms with Crippen molar-refractivity contribution in [2.45, 2.75) is 6.92 Å². The molecule has 0 atom stereocenters. The van der Waals surface area contributed by atoms with Gasteiger partial charge in [0.15, 0.2) is 0 Å². The van der Waals surface area contributed by atoms with Crippen LogP contribution < -0.4 is 15.5 Å². The first-order valence-electron chi connectivity index (χ1n) is 9.33. The second-order valence-corrected chi connectivity index (χ2v) is 6.84. The molecule has 0 aliphatic rings. The first kappa shape index (κ1) is 22.6. The van der Waals surface area contributed by atoms with E-state index in [4.69, 9.17) is 16.3 Å². The molecule has 0 saturated heterocycles. The number of hydrazone groups is 1. The zero-order chi connectivity index (χ0) is 23.1. The highest BCUT2D eigenvalue weighted by Gasteiger charge is 2.17. The number of para-hydroxylation sites is 2. The van der Waals surface area contributed by atoms with Crippen LogP contribution in [0.3, 0.4) is 0 Å². The van der Waals surface area contributed by atoms with Gasteiger partial charge in [0.2, 0.25) is 0 Å². The number of hydrogen-bond donors (Lipinski definition) is 2. The lowest BCUT2D eigenvalue weighted by Gasteiger charge is -2.11. The average molecular weight is 454 g/mol. The van der Waals surface area contributed by atoms with Crippen molar-refractivity contribution in [3.05, 3.63) is 94.8 Å². The fourth-order valence-electron chi connectivity index (χ4n) is 2.62. The first-order valence-corrected chi connectivity index (χ1v) is 9.71. The number of anilines is 1. The Labute approximate surface area is 187 Å². The van der Waals surface area contributed by atoms with E-state index in [1.165, 1.54) is 24.3 Å². The van der Waals surface area contributed by atoms with E-state index in [9.17, 15) is 18.8 Å². The molecular weight excluding hydrogens is 437 g/mol. The third kappa shape index (κ3) is 5.55. The molecule has 0 spiro atoms. The highest BCUT2D eigenvalue weighted by Crippen LogP contribution is 2.22. The largest absolute Gasteiger partial charge is 0.422 e. The summed E-state index contributed by atoms with van der Waals surface area (Å²) in [5, 5.41) is 6.28. The number of benzene rings is 3. The summed E-state index contributed by atoms with van der Waals surface area (Å²) < 4.78 is 19.1. The van der Waals surface area contributed by atoms with Gasteiger partial charge < -0.3 is 10.1 Å². The molecule has 0 saturated carbocycles. The Bertz CT molecular complexity index is 1210. The van der Waals surface area contributed by atoms with Crippen LogP contribution >= 0.6 is 11.6 Å². The fraction of sp³-hybridized carbons (Fsp3) is 0.0435. The van der Waals surface area contributed by atoms with Gasteiger partial charge in [0, 0.05) is 5.56 Å². The van der Waals surface area contributed by atoms with E-state index in [0.29, 0.717) is 5.56 Å². The molecule has 0 fully saturated rings. The third-order valence-corrected chi connectivity index (χ3v) is 4.56. The minimum absolute atomic E-state index is 0.134. The van der Waals surface area contributed by atoms with Gasteiger partial charge in [-0.05, 0) is 43.3 Å². The maximum absolute atomic E-state index is 13.6. The van der Waals surface area contributed by atoms with Crippen LogP contribution in [0.5, 0.6) is 5.75 Å². The van der Waals surface area contributed by atoms with E-state index in [-0.39, 0.29) is 27.7 Å². The number of nitrogens with zero attached hydrogens (tertiary/aromatic N) is 1. The monoisotopic (exact) mass is 453 g/mol. The van der Waals surface area contributed by atoms with Gasteiger partial charge in [-0.25, -0.2) is 14.6 Å². The quantitative estimate of drug-likeness (QED) is 0.199. The molecule has 0 bridgehead atoms. The molecule has 0 heterocycles. The molecule has 0 unspecified atom stereocenters. The summed E-state index contributed by atoms with van der Waals surface area (Å²) in [7, 11) is 0. The highest BCUT2D eigenvalue weighted by atomic mass is 35.5. The number of halogens is 2. The third-order valence-electron chi connectivity index (χ3n) is 4.23. The first-order chi connectivity index (χ1) is 15.4. The summed E-state index contributed by atoms with van der Waals surface area (Å²) in [6.45, 7) is 1.55. The molecule has 3 aromatic carbocycles. The number of nitrogens with one attached hydrogen (secondary N) is 2. The van der Waals surface area contributed by atoms with E-state index in [2.05, 4.69) is 15.8 Å². The van der Waals surface area contributed by atoms with Crippen molar-refractivity contribution in [2.24, 2.45) is 5.10 Å². The van der Waals surface area contributed by atoms with Crippen LogP contribution in [0.15, 0.2) is 77.9 Å². The van der Waals surface area contributed by atoms with E-state index in [0.717, 1.165) is 6.07 Å². The Hall–Kier alpha value is -4.04. The lowest BCUT2D eigenvalue weighted by Crippen LogP contribution is -2.33. The highest BCUT2D eigenvalue weighted by molar-refractivity contribution is 6.39. The maximum Gasteiger partial charge on any atom is 0.345 e. The number of amides is 2. The molecule has 3 aromatic rings. The van der Waals surface area contributed by atoms with Gasteiger partial charge >= 0.3 is 17.8 Å². The van der Waals surface area contributed by atoms with Gasteiger partial charge in [0.05, 0.1) is 22.0 Å². The predicted octanol–water partition coefficient (Wildman–Crippen LogP) is 4.18. The lowest BCUT2D eigenvalue weighted by atomic mass is 10.1. The van der Waals surface area contributed by atoms with Crippen LogP contribution in [0, 0.1) is 5.82 Å². The molecule has 2 amide bonds. The molecule has 0 aliphatic carbocycles. The molecule has 32 heavy (non-hydrogen) atoms. The minimum atomic E-state index is -1.10. The van der Waals surface area contributed by atoms with Crippen LogP contribution in [0.1, 0.15) is 22.8 Å².